The van der Waals surface area contributed by atoms with Crippen LogP contribution < -0.4 is 0 Å². The van der Waals surface area contributed by atoms with E-state index in [1.54, 1.807) is 30.3 Å². The van der Waals surface area contributed by atoms with Crippen LogP contribution in [0.4, 0.5) is 26.3 Å². The lowest BCUT2D eigenvalue weighted by Crippen LogP contribution is -2.11. The molecule has 24 heavy (non-hydrogen) atoms. The van der Waals surface area contributed by atoms with Gasteiger partial charge in [0.2, 0.25) is 0 Å². The predicted octanol–water partition coefficient (Wildman–Crippen LogP) is 5.94. The lowest BCUT2D eigenvalue weighted by atomic mass is 9.99. The van der Waals surface area contributed by atoms with E-state index in [1.807, 2.05) is 0 Å². The van der Waals surface area contributed by atoms with Gasteiger partial charge in [0.25, 0.3) is 0 Å². The lowest BCUT2D eigenvalue weighted by molar-refractivity contribution is -0.143. The first-order chi connectivity index (χ1) is 11.2. The highest BCUT2D eigenvalue weighted by atomic mass is 19.4. The highest BCUT2D eigenvalue weighted by Gasteiger charge is 2.37. The van der Waals surface area contributed by atoms with Crippen LogP contribution >= 0.6 is 0 Å². The van der Waals surface area contributed by atoms with Crippen LogP contribution in [-0.2, 0) is 12.4 Å². The molecule has 2 aromatic carbocycles. The molecule has 0 atom stereocenters. The molecule has 1 aromatic heterocycles. The number of fused-ring (bicyclic) bond motifs is 1. The van der Waals surface area contributed by atoms with Crippen LogP contribution in [0, 0.1) is 0 Å². The second-order valence-corrected chi connectivity index (χ2v) is 5.18. The zero-order valence-corrected chi connectivity index (χ0v) is 11.9. The van der Waals surface area contributed by atoms with E-state index in [0.29, 0.717) is 22.9 Å². The van der Waals surface area contributed by atoms with Crippen LogP contribution in [0.2, 0.25) is 0 Å². The third-order valence-corrected chi connectivity index (χ3v) is 3.53. The zero-order chi connectivity index (χ0) is 17.5. The van der Waals surface area contributed by atoms with Crippen molar-refractivity contribution < 1.29 is 26.3 Å². The fraction of sp³-hybridized carbons (Fsp3) is 0.118. The van der Waals surface area contributed by atoms with E-state index >= 15 is 0 Å². The van der Waals surface area contributed by atoms with Crippen molar-refractivity contribution in [3.63, 3.8) is 0 Å². The normalized spacial score (nSPS) is 12.6. The highest BCUT2D eigenvalue weighted by molar-refractivity contribution is 5.94. The fourth-order valence-electron chi connectivity index (χ4n) is 2.44. The maximum absolute atomic E-state index is 13.0. The molecule has 0 spiro atoms. The molecule has 0 saturated heterocycles. The van der Waals surface area contributed by atoms with Gasteiger partial charge in [0.1, 0.15) is 0 Å². The summed E-state index contributed by atoms with van der Waals surface area (Å²) in [6, 6.07) is 9.79. The molecule has 0 fully saturated rings. The standard InChI is InChI=1S/C17H9F6N/c18-16(19,20)12-7-11(8-13(9-12)17(21,22)23)15-14-4-2-1-3-10(14)5-6-24-15/h1-9H. The number of nitrogens with zero attached hydrogens (tertiary/aromatic N) is 1. The molecule has 0 unspecified atom stereocenters. The third-order valence-electron chi connectivity index (χ3n) is 3.53. The summed E-state index contributed by atoms with van der Waals surface area (Å²) in [5.74, 6) is 0. The van der Waals surface area contributed by atoms with Crippen molar-refractivity contribution in [2.45, 2.75) is 12.4 Å². The second-order valence-electron chi connectivity index (χ2n) is 5.18. The number of benzene rings is 2. The first-order valence-electron chi connectivity index (χ1n) is 6.80. The van der Waals surface area contributed by atoms with Crippen molar-refractivity contribution in [3.05, 3.63) is 65.9 Å². The van der Waals surface area contributed by atoms with E-state index < -0.39 is 23.5 Å². The Bertz CT molecular complexity index is 858. The minimum atomic E-state index is -4.89. The molecule has 1 heterocycles. The average molecular weight is 341 g/mol. The summed E-state index contributed by atoms with van der Waals surface area (Å²) in [6.45, 7) is 0. The average Bonchev–Trinajstić information content (AvgIpc) is 2.52. The van der Waals surface area contributed by atoms with Crippen LogP contribution in [0.15, 0.2) is 54.7 Å². The smallest absolute Gasteiger partial charge is 0.256 e. The molecular weight excluding hydrogens is 332 g/mol. The minimum Gasteiger partial charge on any atom is -0.256 e. The summed E-state index contributed by atoms with van der Waals surface area (Å²) in [5, 5.41) is 1.15. The Morgan fingerprint density at radius 1 is 0.708 bits per heavy atom. The summed E-state index contributed by atoms with van der Waals surface area (Å²) in [6.07, 6.45) is -8.42. The van der Waals surface area contributed by atoms with Gasteiger partial charge in [-0.2, -0.15) is 26.3 Å². The summed E-state index contributed by atoms with van der Waals surface area (Å²) in [4.78, 5) is 3.99. The number of halogens is 6. The molecule has 0 aliphatic rings. The monoisotopic (exact) mass is 341 g/mol. The van der Waals surface area contributed by atoms with Crippen molar-refractivity contribution in [1.82, 2.24) is 4.98 Å². The maximum Gasteiger partial charge on any atom is 0.416 e. The molecule has 0 N–H and O–H groups in total. The van der Waals surface area contributed by atoms with Gasteiger partial charge in [0.05, 0.1) is 16.8 Å². The minimum absolute atomic E-state index is 0.0738. The molecular formula is C17H9F6N. The van der Waals surface area contributed by atoms with Crippen molar-refractivity contribution in [1.29, 1.82) is 0 Å². The highest BCUT2D eigenvalue weighted by Crippen LogP contribution is 2.39. The Morgan fingerprint density at radius 3 is 1.88 bits per heavy atom. The molecule has 0 aliphatic carbocycles. The number of hydrogen-bond donors (Lipinski definition) is 0. The Morgan fingerprint density at radius 2 is 1.29 bits per heavy atom. The van der Waals surface area contributed by atoms with Crippen LogP contribution in [0.1, 0.15) is 11.1 Å². The molecule has 124 valence electrons. The van der Waals surface area contributed by atoms with Gasteiger partial charge in [-0.15, -0.1) is 0 Å². The van der Waals surface area contributed by atoms with E-state index in [2.05, 4.69) is 4.98 Å². The maximum atomic E-state index is 13.0. The fourth-order valence-corrected chi connectivity index (χ4v) is 2.44. The summed E-state index contributed by atoms with van der Waals surface area (Å²) in [7, 11) is 0. The van der Waals surface area contributed by atoms with E-state index in [0.717, 1.165) is 0 Å². The molecule has 1 nitrogen and oxygen atoms in total. The van der Waals surface area contributed by atoms with Crippen LogP contribution in [0.3, 0.4) is 0 Å². The van der Waals surface area contributed by atoms with Crippen molar-refractivity contribution in [3.8, 4) is 11.3 Å². The molecule has 0 radical (unpaired) electrons. The number of alkyl halides is 6. The van der Waals surface area contributed by atoms with E-state index in [1.165, 1.54) is 6.20 Å². The number of aromatic nitrogens is 1. The Kier molecular flexibility index (Phi) is 3.74. The quantitative estimate of drug-likeness (QED) is 0.499. The van der Waals surface area contributed by atoms with E-state index in [4.69, 9.17) is 0 Å². The third kappa shape index (κ3) is 3.06. The van der Waals surface area contributed by atoms with Gasteiger partial charge in [-0.1, -0.05) is 24.3 Å². The van der Waals surface area contributed by atoms with Crippen molar-refractivity contribution >= 4 is 10.8 Å². The van der Waals surface area contributed by atoms with Gasteiger partial charge < -0.3 is 0 Å². The molecule has 3 aromatic rings. The van der Waals surface area contributed by atoms with Crippen LogP contribution in [0.5, 0.6) is 0 Å². The lowest BCUT2D eigenvalue weighted by Gasteiger charge is -2.14. The zero-order valence-electron chi connectivity index (χ0n) is 11.9. The molecule has 0 amide bonds. The van der Waals surface area contributed by atoms with Crippen LogP contribution in [0.25, 0.3) is 22.0 Å². The van der Waals surface area contributed by atoms with E-state index in [9.17, 15) is 26.3 Å². The van der Waals surface area contributed by atoms with Gasteiger partial charge in [0, 0.05) is 17.1 Å². The molecule has 3 rings (SSSR count). The summed E-state index contributed by atoms with van der Waals surface area (Å²) in [5.41, 5.74) is -2.87. The summed E-state index contributed by atoms with van der Waals surface area (Å²) >= 11 is 0. The van der Waals surface area contributed by atoms with Crippen LogP contribution in [-0.4, -0.2) is 4.98 Å². The van der Waals surface area contributed by atoms with Gasteiger partial charge in [0.15, 0.2) is 0 Å². The number of pyridine rings is 1. The van der Waals surface area contributed by atoms with Gasteiger partial charge >= 0.3 is 12.4 Å². The first-order valence-corrected chi connectivity index (χ1v) is 6.80. The Balaban J connectivity index is 2.30. The second kappa shape index (κ2) is 5.51. The SMILES string of the molecule is FC(F)(F)c1cc(-c2nccc3ccccc23)cc(C(F)(F)F)c1. The Labute approximate surface area is 132 Å². The molecule has 0 aliphatic heterocycles. The van der Waals surface area contributed by atoms with E-state index in [-0.39, 0.29) is 17.3 Å². The predicted molar refractivity (Wildman–Crippen MR) is 77.2 cm³/mol. The van der Waals surface area contributed by atoms with Gasteiger partial charge in [-0.25, -0.2) is 0 Å². The van der Waals surface area contributed by atoms with Gasteiger partial charge in [-0.3, -0.25) is 4.98 Å². The molecule has 7 heteroatoms. The largest absolute Gasteiger partial charge is 0.416 e. The molecule has 0 bridgehead atoms. The summed E-state index contributed by atoms with van der Waals surface area (Å²) < 4.78 is 77.9. The van der Waals surface area contributed by atoms with Crippen molar-refractivity contribution in [2.24, 2.45) is 0 Å². The number of hydrogen-bond acceptors (Lipinski definition) is 1. The number of rotatable bonds is 1. The Hall–Kier alpha value is -2.57. The van der Waals surface area contributed by atoms with Crippen molar-refractivity contribution in [2.75, 3.05) is 0 Å². The topological polar surface area (TPSA) is 12.9 Å². The first kappa shape index (κ1) is 16.3. The molecule has 0 saturated carbocycles. The van der Waals surface area contributed by atoms with Gasteiger partial charge in [-0.05, 0) is 29.7 Å².